The van der Waals surface area contributed by atoms with Crippen molar-refractivity contribution >= 4 is 27.9 Å². The fourth-order valence-corrected chi connectivity index (χ4v) is 2.18. The zero-order valence-electron chi connectivity index (χ0n) is 9.03. The van der Waals surface area contributed by atoms with E-state index >= 15 is 0 Å². The smallest absolute Gasteiger partial charge is 0.138 e. The third kappa shape index (κ3) is 2.62. The first kappa shape index (κ1) is 11.6. The highest BCUT2D eigenvalue weighted by Gasteiger charge is 2.11. The van der Waals surface area contributed by atoms with Crippen LogP contribution in [0.25, 0.3) is 0 Å². The number of hydrogen-bond donors (Lipinski definition) is 1. The van der Waals surface area contributed by atoms with Gasteiger partial charge in [0.25, 0.3) is 0 Å². The summed E-state index contributed by atoms with van der Waals surface area (Å²) < 4.78 is 0. The molecule has 1 aliphatic rings. The molecule has 0 radical (unpaired) electrons. The minimum atomic E-state index is -0.190. The van der Waals surface area contributed by atoms with Gasteiger partial charge < -0.3 is 15.0 Å². The molecule has 1 atom stereocenters. The van der Waals surface area contributed by atoms with Crippen LogP contribution in [0.3, 0.4) is 0 Å². The van der Waals surface area contributed by atoms with Gasteiger partial charge in [-0.05, 0) is 17.7 Å². The lowest BCUT2D eigenvalue weighted by Gasteiger charge is -2.29. The Labute approximate surface area is 104 Å². The van der Waals surface area contributed by atoms with E-state index in [0.717, 1.165) is 38.0 Å². The monoisotopic (exact) mass is 282 g/mol. The highest BCUT2D eigenvalue weighted by molar-refractivity contribution is 9.09. The van der Waals surface area contributed by atoms with Crippen molar-refractivity contribution in [3.8, 4) is 0 Å². The third-order valence-corrected chi connectivity index (χ3v) is 3.56. The lowest BCUT2D eigenvalue weighted by molar-refractivity contribution is -0.107. The summed E-state index contributed by atoms with van der Waals surface area (Å²) in [7, 11) is 0. The predicted octanol–water partition coefficient (Wildman–Crippen LogP) is 1.73. The molecule has 4 heteroatoms. The van der Waals surface area contributed by atoms with Crippen LogP contribution < -0.4 is 10.2 Å². The molecule has 0 spiro atoms. The summed E-state index contributed by atoms with van der Waals surface area (Å²) in [5.41, 5.74) is 2.24. The lowest BCUT2D eigenvalue weighted by atomic mass is 10.1. The number of alkyl halides is 1. The number of hydrogen-bond acceptors (Lipinski definition) is 3. The number of carbonyl (C=O) groups is 1. The highest BCUT2D eigenvalue weighted by atomic mass is 79.9. The number of nitrogens with one attached hydrogen (secondary N) is 1. The molecule has 1 aliphatic heterocycles. The zero-order valence-corrected chi connectivity index (χ0v) is 10.6. The van der Waals surface area contributed by atoms with Crippen molar-refractivity contribution in [3.63, 3.8) is 0 Å². The number of carbonyl (C=O) groups excluding carboxylic acids is 1. The molecule has 1 unspecified atom stereocenters. The summed E-state index contributed by atoms with van der Waals surface area (Å²) in [5, 5.41) is 3.33. The summed E-state index contributed by atoms with van der Waals surface area (Å²) in [5.74, 6) is 0. The summed E-state index contributed by atoms with van der Waals surface area (Å²) in [6.45, 7) is 4.17. The van der Waals surface area contributed by atoms with Gasteiger partial charge >= 0.3 is 0 Å². The first-order valence-corrected chi connectivity index (χ1v) is 6.38. The molecule has 1 aromatic carbocycles. The molecule has 0 amide bonds. The number of piperazine rings is 1. The molecule has 1 saturated heterocycles. The number of anilines is 1. The van der Waals surface area contributed by atoms with Crippen LogP contribution in [-0.2, 0) is 4.79 Å². The van der Waals surface area contributed by atoms with E-state index in [0.29, 0.717) is 0 Å². The minimum Gasteiger partial charge on any atom is -0.369 e. The van der Waals surface area contributed by atoms with Gasteiger partial charge in [-0.3, -0.25) is 0 Å². The molecule has 1 N–H and O–H groups in total. The van der Waals surface area contributed by atoms with Crippen LogP contribution in [0.1, 0.15) is 10.4 Å². The van der Waals surface area contributed by atoms with Crippen LogP contribution in [-0.4, -0.2) is 32.5 Å². The van der Waals surface area contributed by atoms with Crippen molar-refractivity contribution in [2.24, 2.45) is 0 Å². The second-order valence-electron chi connectivity index (χ2n) is 3.87. The number of aldehydes is 1. The van der Waals surface area contributed by atoms with Crippen LogP contribution in [0.5, 0.6) is 0 Å². The molecule has 2 rings (SSSR count). The first-order valence-electron chi connectivity index (χ1n) is 5.46. The van der Waals surface area contributed by atoms with Crippen LogP contribution in [0.4, 0.5) is 5.69 Å². The molecule has 1 heterocycles. The fourth-order valence-electron chi connectivity index (χ4n) is 1.87. The normalized spacial score (nSPS) is 18.2. The SMILES string of the molecule is O=CC(Br)c1ccc(N2CCNCC2)cc1. The Morgan fingerprint density at radius 3 is 2.44 bits per heavy atom. The van der Waals surface area contributed by atoms with Gasteiger partial charge in [0.1, 0.15) is 6.29 Å². The van der Waals surface area contributed by atoms with Gasteiger partial charge in [0, 0.05) is 31.9 Å². The topological polar surface area (TPSA) is 32.3 Å². The van der Waals surface area contributed by atoms with E-state index in [4.69, 9.17) is 0 Å². The Bertz CT molecular complexity index is 347. The minimum absolute atomic E-state index is 0.190. The zero-order chi connectivity index (χ0) is 11.4. The molecule has 0 aliphatic carbocycles. The van der Waals surface area contributed by atoms with Gasteiger partial charge in [0.2, 0.25) is 0 Å². The van der Waals surface area contributed by atoms with Crippen molar-refractivity contribution in [2.75, 3.05) is 31.1 Å². The number of benzene rings is 1. The molecular weight excluding hydrogens is 268 g/mol. The van der Waals surface area contributed by atoms with E-state index in [2.05, 4.69) is 38.3 Å². The number of nitrogens with zero attached hydrogens (tertiary/aromatic N) is 1. The molecule has 3 nitrogen and oxygen atoms in total. The van der Waals surface area contributed by atoms with Gasteiger partial charge in [0.05, 0.1) is 4.83 Å². The predicted molar refractivity (Wildman–Crippen MR) is 69.3 cm³/mol. The van der Waals surface area contributed by atoms with Crippen LogP contribution in [0.15, 0.2) is 24.3 Å². The van der Waals surface area contributed by atoms with Gasteiger partial charge in [0.15, 0.2) is 0 Å². The van der Waals surface area contributed by atoms with E-state index < -0.39 is 0 Å². The lowest BCUT2D eigenvalue weighted by Crippen LogP contribution is -2.43. The average Bonchev–Trinajstić information content (AvgIpc) is 2.39. The van der Waals surface area contributed by atoms with Crippen molar-refractivity contribution in [1.29, 1.82) is 0 Å². The Balaban J connectivity index is 2.08. The van der Waals surface area contributed by atoms with E-state index in [1.807, 2.05) is 12.1 Å². The summed E-state index contributed by atoms with van der Waals surface area (Å²) >= 11 is 3.31. The summed E-state index contributed by atoms with van der Waals surface area (Å²) in [4.78, 5) is 12.8. The Morgan fingerprint density at radius 1 is 1.25 bits per heavy atom. The number of rotatable bonds is 3. The van der Waals surface area contributed by atoms with E-state index in [1.165, 1.54) is 5.69 Å². The molecule has 0 saturated carbocycles. The largest absolute Gasteiger partial charge is 0.369 e. The van der Waals surface area contributed by atoms with Gasteiger partial charge in [-0.1, -0.05) is 28.1 Å². The second kappa shape index (κ2) is 5.46. The van der Waals surface area contributed by atoms with E-state index in [-0.39, 0.29) is 4.83 Å². The summed E-state index contributed by atoms with van der Waals surface area (Å²) in [6.07, 6.45) is 0.903. The number of halogens is 1. The Hall–Kier alpha value is -0.870. The molecule has 0 bridgehead atoms. The van der Waals surface area contributed by atoms with Crippen molar-refractivity contribution in [1.82, 2.24) is 5.32 Å². The maximum atomic E-state index is 10.6. The maximum absolute atomic E-state index is 10.6. The third-order valence-electron chi connectivity index (χ3n) is 2.81. The Kier molecular flexibility index (Phi) is 3.96. The molecule has 16 heavy (non-hydrogen) atoms. The van der Waals surface area contributed by atoms with Gasteiger partial charge in [-0.2, -0.15) is 0 Å². The molecule has 1 aromatic rings. The molecular formula is C12H15BrN2O. The van der Waals surface area contributed by atoms with Crippen molar-refractivity contribution < 1.29 is 4.79 Å². The van der Waals surface area contributed by atoms with E-state index in [9.17, 15) is 4.79 Å². The summed E-state index contributed by atoms with van der Waals surface area (Å²) in [6, 6.07) is 8.17. The molecule has 86 valence electrons. The fraction of sp³-hybridized carbons (Fsp3) is 0.417. The average molecular weight is 283 g/mol. The molecule has 0 aromatic heterocycles. The van der Waals surface area contributed by atoms with Crippen LogP contribution >= 0.6 is 15.9 Å². The van der Waals surface area contributed by atoms with Crippen molar-refractivity contribution in [3.05, 3.63) is 29.8 Å². The van der Waals surface area contributed by atoms with Crippen molar-refractivity contribution in [2.45, 2.75) is 4.83 Å². The standard InChI is InChI=1S/C12H15BrN2O/c13-12(9-16)10-1-3-11(4-2-10)15-7-5-14-6-8-15/h1-4,9,12,14H,5-8H2. The maximum Gasteiger partial charge on any atom is 0.138 e. The second-order valence-corrected chi connectivity index (χ2v) is 4.85. The van der Waals surface area contributed by atoms with Crippen LogP contribution in [0, 0.1) is 0 Å². The van der Waals surface area contributed by atoms with Gasteiger partial charge in [-0.15, -0.1) is 0 Å². The molecule has 1 fully saturated rings. The first-order chi connectivity index (χ1) is 7.81. The highest BCUT2D eigenvalue weighted by Crippen LogP contribution is 2.23. The van der Waals surface area contributed by atoms with Gasteiger partial charge in [-0.25, -0.2) is 0 Å². The van der Waals surface area contributed by atoms with Crippen LogP contribution in [0.2, 0.25) is 0 Å². The van der Waals surface area contributed by atoms with E-state index in [1.54, 1.807) is 0 Å². The quantitative estimate of drug-likeness (QED) is 0.677. The Morgan fingerprint density at radius 2 is 1.88 bits per heavy atom.